The second kappa shape index (κ2) is 9.54. The monoisotopic (exact) mass is 429 g/mol. The maximum atomic E-state index is 12.1. The van der Waals surface area contributed by atoms with Gasteiger partial charge in [0.25, 0.3) is 0 Å². The lowest BCUT2D eigenvalue weighted by Crippen LogP contribution is -2.36. The topological polar surface area (TPSA) is 80.3 Å². The zero-order valence-electron chi connectivity index (χ0n) is 16.0. The fraction of sp³-hybridized carbons (Fsp3) is 0.190. The highest BCUT2D eigenvalue weighted by Crippen LogP contribution is 2.29. The number of benzene rings is 2. The molecule has 0 aliphatic heterocycles. The molecule has 0 fully saturated rings. The molecule has 0 radical (unpaired) electrons. The van der Waals surface area contributed by atoms with Gasteiger partial charge in [-0.05, 0) is 31.2 Å². The minimum atomic E-state index is -0.739. The number of anilines is 1. The number of nitrogens with one attached hydrogen (secondary N) is 2. The van der Waals surface area contributed by atoms with Crippen molar-refractivity contribution in [1.29, 1.82) is 0 Å². The van der Waals surface area contributed by atoms with E-state index in [1.54, 1.807) is 35.6 Å². The molecule has 0 unspecified atom stereocenters. The van der Waals surface area contributed by atoms with E-state index < -0.39 is 11.8 Å². The number of rotatable bonds is 6. The maximum absolute atomic E-state index is 12.1. The summed E-state index contributed by atoms with van der Waals surface area (Å²) in [6.07, 6.45) is 0.588. The second-order valence-electron chi connectivity index (χ2n) is 6.19. The van der Waals surface area contributed by atoms with Crippen molar-refractivity contribution in [3.8, 4) is 16.3 Å². The Morgan fingerprint density at radius 3 is 2.55 bits per heavy atom. The zero-order chi connectivity index (χ0) is 20.8. The molecule has 8 heteroatoms. The van der Waals surface area contributed by atoms with Gasteiger partial charge in [-0.25, -0.2) is 4.98 Å². The van der Waals surface area contributed by atoms with Crippen LogP contribution < -0.4 is 15.4 Å². The third kappa shape index (κ3) is 5.34. The Balaban J connectivity index is 1.55. The fourth-order valence-electron chi connectivity index (χ4n) is 2.67. The van der Waals surface area contributed by atoms with Crippen molar-refractivity contribution in [2.75, 3.05) is 19.0 Å². The van der Waals surface area contributed by atoms with Crippen molar-refractivity contribution in [3.05, 3.63) is 64.1 Å². The summed E-state index contributed by atoms with van der Waals surface area (Å²) in [5.74, 6) is -0.947. The number of aryl methyl sites for hydroxylation is 1. The van der Waals surface area contributed by atoms with Gasteiger partial charge in [-0.3, -0.25) is 9.59 Å². The van der Waals surface area contributed by atoms with Crippen LogP contribution in [0.15, 0.2) is 48.5 Å². The molecule has 3 aromatic rings. The van der Waals surface area contributed by atoms with Crippen molar-refractivity contribution in [2.45, 2.75) is 13.3 Å². The molecule has 6 nitrogen and oxygen atoms in total. The van der Waals surface area contributed by atoms with Crippen LogP contribution in [0.1, 0.15) is 10.6 Å². The second-order valence-corrected chi connectivity index (χ2v) is 7.71. The summed E-state index contributed by atoms with van der Waals surface area (Å²) >= 11 is 7.49. The molecule has 0 saturated heterocycles. The van der Waals surface area contributed by atoms with Crippen LogP contribution in [0.2, 0.25) is 5.02 Å². The normalized spacial score (nSPS) is 10.4. The van der Waals surface area contributed by atoms with Crippen molar-refractivity contribution in [2.24, 2.45) is 0 Å². The number of aromatic nitrogens is 1. The molecule has 0 aliphatic carbocycles. The number of hydrogen-bond donors (Lipinski definition) is 2. The lowest BCUT2D eigenvalue weighted by atomic mass is 10.2. The van der Waals surface area contributed by atoms with Gasteiger partial charge in [0, 0.05) is 28.4 Å². The molecule has 0 spiro atoms. The van der Waals surface area contributed by atoms with Crippen LogP contribution >= 0.6 is 22.9 Å². The molecular weight excluding hydrogens is 410 g/mol. The Bertz CT molecular complexity index is 1020. The first-order valence-corrected chi connectivity index (χ1v) is 10.1. The molecule has 0 saturated carbocycles. The number of ether oxygens (including phenoxy) is 1. The Morgan fingerprint density at radius 2 is 1.83 bits per heavy atom. The van der Waals surface area contributed by atoms with E-state index in [4.69, 9.17) is 16.3 Å². The van der Waals surface area contributed by atoms with E-state index >= 15 is 0 Å². The maximum Gasteiger partial charge on any atom is 0.313 e. The fourth-order valence-corrected chi connectivity index (χ4v) is 3.87. The number of carbonyl (C=O) groups excluding carboxylic acids is 2. The summed E-state index contributed by atoms with van der Waals surface area (Å²) in [7, 11) is 1.50. The molecule has 29 heavy (non-hydrogen) atoms. The van der Waals surface area contributed by atoms with Gasteiger partial charge in [-0.15, -0.1) is 11.3 Å². The van der Waals surface area contributed by atoms with Gasteiger partial charge >= 0.3 is 11.8 Å². The van der Waals surface area contributed by atoms with E-state index in [9.17, 15) is 9.59 Å². The molecule has 2 aromatic carbocycles. The van der Waals surface area contributed by atoms with Crippen molar-refractivity contribution in [3.63, 3.8) is 0 Å². The Kier molecular flexibility index (Phi) is 6.85. The van der Waals surface area contributed by atoms with Gasteiger partial charge in [0.1, 0.15) is 10.8 Å². The third-order valence-corrected chi connectivity index (χ3v) is 5.70. The van der Waals surface area contributed by atoms with Crippen LogP contribution in [0.4, 0.5) is 5.69 Å². The van der Waals surface area contributed by atoms with E-state index in [1.165, 1.54) is 7.11 Å². The van der Waals surface area contributed by atoms with Crippen molar-refractivity contribution >= 4 is 40.4 Å². The average molecular weight is 430 g/mol. The highest BCUT2D eigenvalue weighted by atomic mass is 35.5. The van der Waals surface area contributed by atoms with E-state index in [-0.39, 0.29) is 0 Å². The molecule has 2 amide bonds. The third-order valence-electron chi connectivity index (χ3n) is 4.18. The van der Waals surface area contributed by atoms with Gasteiger partial charge in [-0.2, -0.15) is 0 Å². The first kappa shape index (κ1) is 20.8. The van der Waals surface area contributed by atoms with Crippen molar-refractivity contribution < 1.29 is 14.3 Å². The Morgan fingerprint density at radius 1 is 1.10 bits per heavy atom. The van der Waals surface area contributed by atoms with Gasteiger partial charge in [0.15, 0.2) is 0 Å². The van der Waals surface area contributed by atoms with Crippen LogP contribution in [0.5, 0.6) is 5.75 Å². The smallest absolute Gasteiger partial charge is 0.313 e. The standard InChI is InChI=1S/C21H20ClN3O3S/c1-13-18(29-21(24-13)14-7-9-15(22)10-8-14)11-12-23-19(26)20(27)25-16-5-3-4-6-17(16)28-2/h3-10H,11-12H2,1-2H3,(H,23,26)(H,25,27). The zero-order valence-corrected chi connectivity index (χ0v) is 17.6. The summed E-state index contributed by atoms with van der Waals surface area (Å²) < 4.78 is 5.16. The quantitative estimate of drug-likeness (QED) is 0.578. The van der Waals surface area contributed by atoms with Crippen LogP contribution in [0.25, 0.3) is 10.6 Å². The molecule has 1 heterocycles. The lowest BCUT2D eigenvalue weighted by Gasteiger charge is -2.09. The largest absolute Gasteiger partial charge is 0.495 e. The van der Waals surface area contributed by atoms with Crippen LogP contribution in [0, 0.1) is 6.92 Å². The van der Waals surface area contributed by atoms with E-state index in [0.717, 1.165) is 21.1 Å². The van der Waals surface area contributed by atoms with Gasteiger partial charge in [0.2, 0.25) is 0 Å². The average Bonchev–Trinajstić information content (AvgIpc) is 3.09. The highest BCUT2D eigenvalue weighted by Gasteiger charge is 2.16. The summed E-state index contributed by atoms with van der Waals surface area (Å²) in [6, 6.07) is 14.4. The number of nitrogens with zero attached hydrogens (tertiary/aromatic N) is 1. The molecule has 3 rings (SSSR count). The number of carbonyl (C=O) groups is 2. The summed E-state index contributed by atoms with van der Waals surface area (Å²) in [4.78, 5) is 29.8. The first-order valence-electron chi connectivity index (χ1n) is 8.92. The summed E-state index contributed by atoms with van der Waals surface area (Å²) in [6.45, 7) is 2.27. The van der Waals surface area contributed by atoms with Crippen LogP contribution in [-0.2, 0) is 16.0 Å². The number of halogens is 1. The SMILES string of the molecule is COc1ccccc1NC(=O)C(=O)NCCc1sc(-c2ccc(Cl)cc2)nc1C. The number of amides is 2. The van der Waals surface area contributed by atoms with Crippen molar-refractivity contribution in [1.82, 2.24) is 10.3 Å². The van der Waals surface area contributed by atoms with E-state index in [1.807, 2.05) is 31.2 Å². The molecule has 0 atom stereocenters. The predicted octanol–water partition coefficient (Wildman–Crippen LogP) is 4.08. The van der Waals surface area contributed by atoms with Crippen LogP contribution in [0.3, 0.4) is 0 Å². The molecule has 1 aromatic heterocycles. The Labute approximate surface area is 177 Å². The summed E-state index contributed by atoms with van der Waals surface area (Å²) in [5, 5.41) is 6.77. The van der Waals surface area contributed by atoms with Gasteiger partial charge in [0.05, 0.1) is 18.5 Å². The summed E-state index contributed by atoms with van der Waals surface area (Å²) in [5.41, 5.74) is 2.35. The molecule has 150 valence electrons. The number of methoxy groups -OCH3 is 1. The minimum absolute atomic E-state index is 0.335. The number of para-hydroxylation sites is 2. The minimum Gasteiger partial charge on any atom is -0.495 e. The van der Waals surface area contributed by atoms with E-state index in [2.05, 4.69) is 15.6 Å². The number of hydrogen-bond acceptors (Lipinski definition) is 5. The van der Waals surface area contributed by atoms with E-state index in [0.29, 0.717) is 29.4 Å². The molecule has 0 bridgehead atoms. The van der Waals surface area contributed by atoms with Gasteiger partial charge < -0.3 is 15.4 Å². The number of thiazole rings is 1. The molecule has 0 aliphatic rings. The predicted molar refractivity (Wildman–Crippen MR) is 116 cm³/mol. The first-order chi connectivity index (χ1) is 14.0. The molecular formula is C21H20ClN3O3S. The van der Waals surface area contributed by atoms with Crippen LogP contribution in [-0.4, -0.2) is 30.5 Å². The Hall–Kier alpha value is -2.90. The highest BCUT2D eigenvalue weighted by molar-refractivity contribution is 7.15. The lowest BCUT2D eigenvalue weighted by molar-refractivity contribution is -0.136. The van der Waals surface area contributed by atoms with Gasteiger partial charge in [-0.1, -0.05) is 35.9 Å². The molecule has 2 N–H and O–H groups in total.